The molecule has 0 aliphatic carbocycles. The van der Waals surface area contributed by atoms with E-state index in [-0.39, 0.29) is 11.7 Å². The summed E-state index contributed by atoms with van der Waals surface area (Å²) in [4.78, 5) is 25.3. The van der Waals surface area contributed by atoms with Gasteiger partial charge in [0, 0.05) is 29.2 Å². The highest BCUT2D eigenvalue weighted by atomic mass is 79.9. The molecule has 0 aromatic heterocycles. The van der Waals surface area contributed by atoms with Gasteiger partial charge in [-0.15, -0.1) is 0 Å². The molecule has 0 saturated carbocycles. The summed E-state index contributed by atoms with van der Waals surface area (Å²) in [7, 11) is 0. The number of carbonyl (C=O) groups is 2. The van der Waals surface area contributed by atoms with Crippen LogP contribution in [0.1, 0.15) is 23.2 Å². The maximum absolute atomic E-state index is 11.8. The molecule has 3 nitrogen and oxygen atoms in total. The van der Waals surface area contributed by atoms with E-state index in [1.165, 1.54) is 12.2 Å². The van der Waals surface area contributed by atoms with Gasteiger partial charge in [-0.1, -0.05) is 15.9 Å². The van der Waals surface area contributed by atoms with Gasteiger partial charge < -0.3 is 4.90 Å². The number of ketones is 1. The van der Waals surface area contributed by atoms with Crippen LogP contribution in [0.4, 0.5) is 0 Å². The molecule has 1 aliphatic heterocycles. The van der Waals surface area contributed by atoms with E-state index in [2.05, 4.69) is 15.9 Å². The van der Waals surface area contributed by atoms with Gasteiger partial charge in [0.25, 0.3) is 0 Å². The van der Waals surface area contributed by atoms with Crippen molar-refractivity contribution in [3.05, 3.63) is 46.5 Å². The van der Waals surface area contributed by atoms with Crippen LogP contribution in [0.25, 0.3) is 0 Å². The van der Waals surface area contributed by atoms with E-state index in [9.17, 15) is 9.59 Å². The SMILES string of the molecule is O=C(/C=C/C(=O)N1CCCC1)c1ccc(Br)cc1. The number of allylic oxidation sites excluding steroid dienone is 1. The van der Waals surface area contributed by atoms with E-state index >= 15 is 0 Å². The standard InChI is InChI=1S/C14H14BrNO2/c15-12-5-3-11(4-6-12)13(17)7-8-14(18)16-9-1-2-10-16/h3-8H,1-2,9-10H2/b8-7+. The van der Waals surface area contributed by atoms with Crippen molar-refractivity contribution in [2.75, 3.05) is 13.1 Å². The van der Waals surface area contributed by atoms with Crippen molar-refractivity contribution in [3.8, 4) is 0 Å². The van der Waals surface area contributed by atoms with Gasteiger partial charge in [0.15, 0.2) is 5.78 Å². The van der Waals surface area contributed by atoms with Gasteiger partial charge >= 0.3 is 0 Å². The Kier molecular flexibility index (Phi) is 4.31. The molecular formula is C14H14BrNO2. The molecule has 0 N–H and O–H groups in total. The zero-order valence-electron chi connectivity index (χ0n) is 9.93. The Morgan fingerprint density at radius 2 is 1.67 bits per heavy atom. The summed E-state index contributed by atoms with van der Waals surface area (Å²) in [5.74, 6) is -0.215. The van der Waals surface area contributed by atoms with Crippen molar-refractivity contribution in [1.29, 1.82) is 0 Å². The third-order valence-electron chi connectivity index (χ3n) is 2.92. The van der Waals surface area contributed by atoms with Crippen molar-refractivity contribution < 1.29 is 9.59 Å². The topological polar surface area (TPSA) is 37.4 Å². The maximum atomic E-state index is 11.8. The van der Waals surface area contributed by atoms with Crippen LogP contribution in [-0.4, -0.2) is 29.7 Å². The molecule has 0 bridgehead atoms. The lowest BCUT2D eigenvalue weighted by molar-refractivity contribution is -0.125. The van der Waals surface area contributed by atoms with Crippen molar-refractivity contribution >= 4 is 27.6 Å². The molecule has 94 valence electrons. The molecule has 1 aromatic carbocycles. The van der Waals surface area contributed by atoms with Crippen molar-refractivity contribution in [3.63, 3.8) is 0 Å². The Labute approximate surface area is 115 Å². The fraction of sp³-hybridized carbons (Fsp3) is 0.286. The summed E-state index contributed by atoms with van der Waals surface area (Å²) in [6.45, 7) is 1.60. The highest BCUT2D eigenvalue weighted by Crippen LogP contribution is 2.12. The summed E-state index contributed by atoms with van der Waals surface area (Å²) in [5, 5.41) is 0. The number of rotatable bonds is 3. The minimum absolute atomic E-state index is 0.0713. The van der Waals surface area contributed by atoms with Crippen LogP contribution in [0.5, 0.6) is 0 Å². The second-order valence-corrected chi connectivity index (χ2v) is 5.15. The largest absolute Gasteiger partial charge is 0.339 e. The Hall–Kier alpha value is -1.42. The average Bonchev–Trinajstić information content (AvgIpc) is 2.90. The molecule has 0 atom stereocenters. The third-order valence-corrected chi connectivity index (χ3v) is 3.45. The van der Waals surface area contributed by atoms with Crippen LogP contribution >= 0.6 is 15.9 Å². The molecule has 0 unspecified atom stereocenters. The first-order chi connectivity index (χ1) is 8.66. The summed E-state index contributed by atoms with van der Waals surface area (Å²) in [5.41, 5.74) is 0.587. The number of hydrogen-bond acceptors (Lipinski definition) is 2. The predicted molar refractivity (Wildman–Crippen MR) is 73.4 cm³/mol. The number of carbonyl (C=O) groups excluding carboxylic acids is 2. The molecule has 1 aromatic rings. The Morgan fingerprint density at radius 1 is 1.06 bits per heavy atom. The minimum Gasteiger partial charge on any atom is -0.339 e. The predicted octanol–water partition coefficient (Wildman–Crippen LogP) is 2.81. The monoisotopic (exact) mass is 307 g/mol. The zero-order valence-corrected chi connectivity index (χ0v) is 11.5. The lowest BCUT2D eigenvalue weighted by atomic mass is 10.1. The van der Waals surface area contributed by atoms with Crippen LogP contribution in [0.3, 0.4) is 0 Å². The maximum Gasteiger partial charge on any atom is 0.246 e. The lowest BCUT2D eigenvalue weighted by Gasteiger charge is -2.11. The van der Waals surface area contributed by atoms with E-state index in [1.54, 1.807) is 17.0 Å². The Bertz CT molecular complexity index is 473. The van der Waals surface area contributed by atoms with Crippen molar-refractivity contribution in [1.82, 2.24) is 4.90 Å². The van der Waals surface area contributed by atoms with E-state index < -0.39 is 0 Å². The van der Waals surface area contributed by atoms with Gasteiger partial charge in [0.05, 0.1) is 0 Å². The molecule has 0 spiro atoms. The summed E-state index contributed by atoms with van der Waals surface area (Å²) in [6.07, 6.45) is 4.83. The summed E-state index contributed by atoms with van der Waals surface area (Å²) < 4.78 is 0.927. The highest BCUT2D eigenvalue weighted by molar-refractivity contribution is 9.10. The molecule has 18 heavy (non-hydrogen) atoms. The first-order valence-electron chi connectivity index (χ1n) is 5.94. The van der Waals surface area contributed by atoms with Gasteiger partial charge in [0.2, 0.25) is 5.91 Å². The minimum atomic E-state index is -0.143. The van der Waals surface area contributed by atoms with Crippen LogP contribution in [-0.2, 0) is 4.79 Å². The number of likely N-dealkylation sites (tertiary alicyclic amines) is 1. The van der Waals surface area contributed by atoms with Crippen LogP contribution in [0.15, 0.2) is 40.9 Å². The molecule has 1 aliphatic rings. The highest BCUT2D eigenvalue weighted by Gasteiger charge is 2.15. The van der Waals surface area contributed by atoms with E-state index in [0.717, 1.165) is 30.4 Å². The summed E-state index contributed by atoms with van der Waals surface area (Å²) in [6, 6.07) is 7.08. The number of nitrogens with zero attached hydrogens (tertiary/aromatic N) is 1. The molecule has 2 rings (SSSR count). The molecule has 1 saturated heterocycles. The van der Waals surface area contributed by atoms with Gasteiger partial charge in [-0.05, 0) is 43.2 Å². The van der Waals surface area contributed by atoms with Crippen LogP contribution in [0.2, 0.25) is 0 Å². The Balaban J connectivity index is 1.98. The fourth-order valence-electron chi connectivity index (χ4n) is 1.90. The summed E-state index contributed by atoms with van der Waals surface area (Å²) >= 11 is 3.31. The first kappa shape index (κ1) is 13.0. The van der Waals surface area contributed by atoms with Gasteiger partial charge in [-0.25, -0.2) is 0 Å². The quantitative estimate of drug-likeness (QED) is 0.636. The van der Waals surface area contributed by atoms with E-state index in [0.29, 0.717) is 5.56 Å². The number of halogens is 1. The van der Waals surface area contributed by atoms with E-state index in [1.807, 2.05) is 12.1 Å². The Morgan fingerprint density at radius 3 is 2.28 bits per heavy atom. The zero-order chi connectivity index (χ0) is 13.0. The molecule has 1 heterocycles. The fourth-order valence-corrected chi connectivity index (χ4v) is 2.16. The molecule has 0 radical (unpaired) electrons. The van der Waals surface area contributed by atoms with Crippen LogP contribution in [0, 0.1) is 0 Å². The van der Waals surface area contributed by atoms with E-state index in [4.69, 9.17) is 0 Å². The number of benzene rings is 1. The lowest BCUT2D eigenvalue weighted by Crippen LogP contribution is -2.25. The van der Waals surface area contributed by atoms with Gasteiger partial charge in [-0.2, -0.15) is 0 Å². The number of hydrogen-bond donors (Lipinski definition) is 0. The number of amides is 1. The van der Waals surface area contributed by atoms with Gasteiger partial charge in [-0.3, -0.25) is 9.59 Å². The molecule has 1 fully saturated rings. The van der Waals surface area contributed by atoms with Crippen LogP contribution < -0.4 is 0 Å². The molecular weight excluding hydrogens is 294 g/mol. The van der Waals surface area contributed by atoms with Crippen molar-refractivity contribution in [2.24, 2.45) is 0 Å². The molecule has 4 heteroatoms. The molecule has 1 amide bonds. The smallest absolute Gasteiger partial charge is 0.246 e. The third kappa shape index (κ3) is 3.29. The normalized spacial score (nSPS) is 15.3. The average molecular weight is 308 g/mol. The van der Waals surface area contributed by atoms with Gasteiger partial charge in [0.1, 0.15) is 0 Å². The first-order valence-corrected chi connectivity index (χ1v) is 6.73. The van der Waals surface area contributed by atoms with Crippen molar-refractivity contribution in [2.45, 2.75) is 12.8 Å². The second-order valence-electron chi connectivity index (χ2n) is 4.24. The second kappa shape index (κ2) is 5.96.